The molecule has 2 aromatic rings. The van der Waals surface area contributed by atoms with Crippen molar-refractivity contribution in [3.05, 3.63) is 82.9 Å². The molecule has 2 N–H and O–H groups in total. The Kier molecular flexibility index (Phi) is 13.7. The van der Waals surface area contributed by atoms with E-state index >= 15 is 0 Å². The minimum atomic E-state index is -1.13. The molecule has 2 amide bonds. The van der Waals surface area contributed by atoms with Crippen LogP contribution in [0.1, 0.15) is 51.7 Å². The van der Waals surface area contributed by atoms with Crippen LogP contribution in [0.25, 0.3) is 6.08 Å². The maximum atomic E-state index is 13.5. The molecule has 0 fully saturated rings. The smallest absolute Gasteiger partial charge is 0.331 e. The lowest BCUT2D eigenvalue weighted by Gasteiger charge is -2.26. The van der Waals surface area contributed by atoms with Gasteiger partial charge in [-0.2, -0.15) is 0 Å². The first-order valence-corrected chi connectivity index (χ1v) is 15.6. The number of amides is 2. The first-order chi connectivity index (χ1) is 21.5. The van der Waals surface area contributed by atoms with E-state index in [0.717, 1.165) is 5.56 Å². The average Bonchev–Trinajstić information content (AvgIpc) is 3.03. The molecule has 0 radical (unpaired) electrons. The second-order valence-electron chi connectivity index (χ2n) is 11.4. The van der Waals surface area contributed by atoms with Gasteiger partial charge in [0.15, 0.2) is 6.10 Å². The maximum absolute atomic E-state index is 13.5. The molecular formula is C35H43ClN2O7. The fourth-order valence-corrected chi connectivity index (χ4v) is 4.97. The normalized spacial score (nSPS) is 24.1. The van der Waals surface area contributed by atoms with Crippen LogP contribution >= 0.6 is 11.6 Å². The van der Waals surface area contributed by atoms with Gasteiger partial charge in [0, 0.05) is 37.3 Å². The number of ether oxygens (including phenoxy) is 3. The molecule has 0 aliphatic carbocycles. The van der Waals surface area contributed by atoms with Crippen LogP contribution < -0.4 is 15.4 Å². The fourth-order valence-electron chi connectivity index (χ4n) is 4.69. The summed E-state index contributed by atoms with van der Waals surface area (Å²) in [5, 5.41) is 5.89. The molecule has 242 valence electrons. The van der Waals surface area contributed by atoms with Crippen LogP contribution in [0.15, 0.2) is 66.8 Å². The van der Waals surface area contributed by atoms with Crippen molar-refractivity contribution in [1.29, 1.82) is 0 Å². The molecule has 45 heavy (non-hydrogen) atoms. The Morgan fingerprint density at radius 1 is 1.04 bits per heavy atom. The second-order valence-corrected chi connectivity index (χ2v) is 11.8. The van der Waals surface area contributed by atoms with Gasteiger partial charge in [-0.1, -0.05) is 93.9 Å². The minimum Gasteiger partial charge on any atom is -0.495 e. The topological polar surface area (TPSA) is 120 Å². The third-order valence-corrected chi connectivity index (χ3v) is 8.10. The Labute approximate surface area is 270 Å². The molecule has 10 heteroatoms. The van der Waals surface area contributed by atoms with E-state index in [9.17, 15) is 19.2 Å². The van der Waals surface area contributed by atoms with Gasteiger partial charge in [0.2, 0.25) is 5.91 Å². The van der Waals surface area contributed by atoms with Gasteiger partial charge >= 0.3 is 11.9 Å². The van der Waals surface area contributed by atoms with Crippen molar-refractivity contribution < 1.29 is 33.4 Å². The van der Waals surface area contributed by atoms with Gasteiger partial charge in [0.1, 0.15) is 17.9 Å². The molecule has 2 aromatic carbocycles. The lowest BCUT2D eigenvalue weighted by atomic mass is 9.98. The van der Waals surface area contributed by atoms with Crippen LogP contribution in [0, 0.1) is 17.8 Å². The number of benzene rings is 2. The maximum Gasteiger partial charge on any atom is 0.331 e. The molecule has 6 atom stereocenters. The molecule has 0 saturated carbocycles. The highest BCUT2D eigenvalue weighted by molar-refractivity contribution is 6.32. The fraction of sp³-hybridized carbons (Fsp3) is 0.429. The lowest BCUT2D eigenvalue weighted by molar-refractivity contribution is -0.155. The number of hydrogen-bond acceptors (Lipinski definition) is 7. The Balaban J connectivity index is 1.89. The van der Waals surface area contributed by atoms with E-state index in [2.05, 4.69) is 10.6 Å². The zero-order valence-corrected chi connectivity index (χ0v) is 27.2. The third kappa shape index (κ3) is 10.8. The quantitative estimate of drug-likeness (QED) is 0.376. The van der Waals surface area contributed by atoms with Crippen molar-refractivity contribution in [1.82, 2.24) is 10.6 Å². The summed E-state index contributed by atoms with van der Waals surface area (Å²) >= 11 is 6.31. The molecule has 0 saturated heterocycles. The standard InChI is InChI=1S/C35H43ClN2O7/c1-6-22(2)32-34(41)38-28(20-26-17-18-30(43-5)27(36)19-26)33(40)37-21-24(4)35(42)44-29(13-10-14-31(39)45-32)23(3)15-16-25-11-8-7-9-12-25/h7-12,14-19,22-24,28-29,32H,6,13,20-21H2,1-5H3,(H,37,40)(H,38,41)/b14-10+,16-15+/t22-,23+,24+,28?,29?,32-/m0/s1. The van der Waals surface area contributed by atoms with Crippen LogP contribution in [0.2, 0.25) is 5.02 Å². The third-order valence-electron chi connectivity index (χ3n) is 7.80. The molecule has 0 bridgehead atoms. The number of rotatable bonds is 8. The van der Waals surface area contributed by atoms with Gasteiger partial charge in [-0.15, -0.1) is 0 Å². The number of cyclic esters (lactones) is 2. The number of hydrogen-bond donors (Lipinski definition) is 2. The summed E-state index contributed by atoms with van der Waals surface area (Å²) in [6.45, 7) is 7.27. The Morgan fingerprint density at radius 3 is 2.44 bits per heavy atom. The average molecular weight is 639 g/mol. The van der Waals surface area contributed by atoms with E-state index in [1.807, 2.05) is 56.3 Å². The highest BCUT2D eigenvalue weighted by Gasteiger charge is 2.32. The number of halogens is 1. The van der Waals surface area contributed by atoms with Crippen molar-refractivity contribution in [2.24, 2.45) is 17.8 Å². The van der Waals surface area contributed by atoms with Crippen LogP contribution in [0.5, 0.6) is 5.75 Å². The van der Waals surface area contributed by atoms with Crippen LogP contribution in [0.3, 0.4) is 0 Å². The highest BCUT2D eigenvalue weighted by Crippen LogP contribution is 2.26. The first-order valence-electron chi connectivity index (χ1n) is 15.2. The Hall–Kier alpha value is -4.11. The highest BCUT2D eigenvalue weighted by atomic mass is 35.5. The Bertz CT molecular complexity index is 1380. The molecular weight excluding hydrogens is 596 g/mol. The number of esters is 2. The molecule has 0 spiro atoms. The second kappa shape index (κ2) is 17.4. The summed E-state index contributed by atoms with van der Waals surface area (Å²) in [5.74, 6) is -3.04. The molecule has 1 heterocycles. The summed E-state index contributed by atoms with van der Waals surface area (Å²) in [5.41, 5.74) is 1.67. The van der Waals surface area contributed by atoms with Crippen molar-refractivity contribution >= 4 is 41.4 Å². The summed E-state index contributed by atoms with van der Waals surface area (Å²) in [7, 11) is 1.50. The zero-order chi connectivity index (χ0) is 32.9. The van der Waals surface area contributed by atoms with Crippen molar-refractivity contribution in [2.45, 2.75) is 65.2 Å². The Morgan fingerprint density at radius 2 is 1.78 bits per heavy atom. The number of nitrogens with one attached hydrogen (secondary N) is 2. The number of methoxy groups -OCH3 is 1. The number of carbonyl (C=O) groups is 4. The van der Waals surface area contributed by atoms with Gasteiger partial charge in [0.25, 0.3) is 5.91 Å². The van der Waals surface area contributed by atoms with Crippen LogP contribution in [0.4, 0.5) is 0 Å². The zero-order valence-electron chi connectivity index (χ0n) is 26.5. The molecule has 1 aliphatic heterocycles. The summed E-state index contributed by atoms with van der Waals surface area (Å²) in [4.78, 5) is 53.0. The van der Waals surface area contributed by atoms with Gasteiger partial charge in [0.05, 0.1) is 18.1 Å². The molecule has 2 unspecified atom stereocenters. The van der Waals surface area contributed by atoms with E-state index in [-0.39, 0.29) is 31.2 Å². The van der Waals surface area contributed by atoms with E-state index in [0.29, 0.717) is 22.8 Å². The van der Waals surface area contributed by atoms with Gasteiger partial charge in [-0.05, 0) is 29.7 Å². The molecule has 9 nitrogen and oxygen atoms in total. The number of carbonyl (C=O) groups excluding carboxylic acids is 4. The van der Waals surface area contributed by atoms with E-state index < -0.39 is 47.9 Å². The summed E-state index contributed by atoms with van der Waals surface area (Å²) in [6, 6.07) is 13.8. The van der Waals surface area contributed by atoms with Gasteiger partial charge in [-0.25, -0.2) is 4.79 Å². The summed E-state index contributed by atoms with van der Waals surface area (Å²) < 4.78 is 16.7. The lowest BCUT2D eigenvalue weighted by Crippen LogP contribution is -2.53. The monoisotopic (exact) mass is 638 g/mol. The molecule has 1 aliphatic rings. The largest absolute Gasteiger partial charge is 0.495 e. The van der Waals surface area contributed by atoms with Crippen molar-refractivity contribution in [2.75, 3.05) is 13.7 Å². The SMILES string of the molecule is CC[C@H](C)[C@@H]1OC(=O)/C=C/CC([C@H](C)/C=C/c2ccccc2)OC(=O)[C@H](C)CNC(=O)C(Cc2ccc(OC)c(Cl)c2)NC1=O. The van der Waals surface area contributed by atoms with Gasteiger partial charge in [-0.3, -0.25) is 14.4 Å². The predicted octanol–water partition coefficient (Wildman–Crippen LogP) is 5.31. The predicted molar refractivity (Wildman–Crippen MR) is 173 cm³/mol. The van der Waals surface area contributed by atoms with Crippen molar-refractivity contribution in [3.8, 4) is 5.75 Å². The minimum absolute atomic E-state index is 0.00597. The summed E-state index contributed by atoms with van der Waals surface area (Å²) in [6.07, 6.45) is 5.91. The van der Waals surface area contributed by atoms with Crippen LogP contribution in [-0.2, 0) is 35.1 Å². The van der Waals surface area contributed by atoms with E-state index in [1.165, 1.54) is 13.2 Å². The van der Waals surface area contributed by atoms with Gasteiger partial charge < -0.3 is 24.8 Å². The van der Waals surface area contributed by atoms with E-state index in [4.69, 9.17) is 25.8 Å². The molecule has 3 rings (SSSR count). The van der Waals surface area contributed by atoms with Crippen LogP contribution in [-0.4, -0.2) is 55.7 Å². The van der Waals surface area contributed by atoms with Crippen molar-refractivity contribution in [3.63, 3.8) is 0 Å². The van der Waals surface area contributed by atoms with E-state index in [1.54, 1.807) is 38.1 Å². The first kappa shape index (κ1) is 35.4. The molecule has 0 aromatic heterocycles.